The van der Waals surface area contributed by atoms with E-state index in [1.807, 2.05) is 30.3 Å². The van der Waals surface area contributed by atoms with E-state index in [0.717, 1.165) is 18.4 Å². The third-order valence-electron chi connectivity index (χ3n) is 4.35. The molecular formula is C17H22N2O4S. The van der Waals surface area contributed by atoms with Gasteiger partial charge < -0.3 is 9.64 Å². The van der Waals surface area contributed by atoms with Gasteiger partial charge in [-0.3, -0.25) is 4.79 Å². The van der Waals surface area contributed by atoms with Crippen molar-refractivity contribution in [2.45, 2.75) is 18.9 Å². The maximum atomic E-state index is 12.4. The van der Waals surface area contributed by atoms with Crippen LogP contribution in [0.5, 0.6) is 0 Å². The minimum absolute atomic E-state index is 0.00984. The molecule has 0 radical (unpaired) electrons. The fourth-order valence-electron chi connectivity index (χ4n) is 2.95. The molecule has 3 rings (SSSR count). The first-order valence-corrected chi connectivity index (χ1v) is 9.70. The second-order valence-electron chi connectivity index (χ2n) is 5.98. The predicted octanol–water partition coefficient (Wildman–Crippen LogP) is 1.31. The molecule has 2 aliphatic heterocycles. The molecule has 1 aromatic carbocycles. The molecule has 2 fully saturated rings. The van der Waals surface area contributed by atoms with Crippen LogP contribution in [0.25, 0.3) is 6.08 Å². The average Bonchev–Trinajstić information content (AvgIpc) is 3.15. The van der Waals surface area contributed by atoms with Crippen molar-refractivity contribution >= 4 is 22.0 Å². The number of benzene rings is 1. The summed E-state index contributed by atoms with van der Waals surface area (Å²) in [4.78, 5) is 14.0. The summed E-state index contributed by atoms with van der Waals surface area (Å²) < 4.78 is 31.6. The highest BCUT2D eigenvalue weighted by molar-refractivity contribution is 7.92. The fraction of sp³-hybridized carbons (Fsp3) is 0.471. The van der Waals surface area contributed by atoms with Crippen molar-refractivity contribution in [3.63, 3.8) is 0 Å². The van der Waals surface area contributed by atoms with Crippen LogP contribution < -0.4 is 0 Å². The van der Waals surface area contributed by atoms with Gasteiger partial charge in [0.05, 0.1) is 0 Å². The lowest BCUT2D eigenvalue weighted by molar-refractivity contribution is -0.142. The van der Waals surface area contributed by atoms with Crippen molar-refractivity contribution in [3.05, 3.63) is 41.3 Å². The van der Waals surface area contributed by atoms with Gasteiger partial charge in [0.15, 0.2) is 0 Å². The molecule has 0 spiro atoms. The molecule has 1 aromatic rings. The van der Waals surface area contributed by atoms with Gasteiger partial charge in [0.1, 0.15) is 6.10 Å². The van der Waals surface area contributed by atoms with Crippen LogP contribution in [-0.2, 0) is 19.6 Å². The van der Waals surface area contributed by atoms with Crippen LogP contribution in [-0.4, -0.2) is 62.4 Å². The van der Waals surface area contributed by atoms with Gasteiger partial charge in [-0.1, -0.05) is 30.3 Å². The Bertz CT molecular complexity index is 689. The molecule has 1 atom stereocenters. The first kappa shape index (κ1) is 17.1. The molecule has 1 amide bonds. The Kier molecular flexibility index (Phi) is 5.33. The quantitative estimate of drug-likeness (QED) is 0.821. The van der Waals surface area contributed by atoms with Crippen molar-refractivity contribution in [1.82, 2.24) is 9.21 Å². The molecule has 7 heteroatoms. The number of rotatable bonds is 4. The van der Waals surface area contributed by atoms with Crippen molar-refractivity contribution in [2.24, 2.45) is 0 Å². The molecule has 0 unspecified atom stereocenters. The van der Waals surface area contributed by atoms with Gasteiger partial charge in [-0.15, -0.1) is 0 Å². The number of carbonyl (C=O) groups excluding carboxylic acids is 1. The Morgan fingerprint density at radius 3 is 2.46 bits per heavy atom. The summed E-state index contributed by atoms with van der Waals surface area (Å²) in [5, 5.41) is 1.24. The maximum absolute atomic E-state index is 12.4. The lowest BCUT2D eigenvalue weighted by atomic mass is 10.2. The number of piperazine rings is 1. The number of ether oxygens (including phenoxy) is 1. The van der Waals surface area contributed by atoms with E-state index in [1.165, 1.54) is 9.71 Å². The molecule has 0 N–H and O–H groups in total. The second kappa shape index (κ2) is 7.46. The summed E-state index contributed by atoms with van der Waals surface area (Å²) in [7, 11) is -3.47. The normalized spacial score (nSPS) is 23.0. The Morgan fingerprint density at radius 1 is 1.12 bits per heavy atom. The molecule has 2 heterocycles. The summed E-state index contributed by atoms with van der Waals surface area (Å²) >= 11 is 0. The third-order valence-corrected chi connectivity index (χ3v) is 5.91. The summed E-state index contributed by atoms with van der Waals surface area (Å²) in [5.74, 6) is -0.00984. The Balaban J connectivity index is 1.57. The van der Waals surface area contributed by atoms with E-state index in [4.69, 9.17) is 4.74 Å². The standard InChI is InChI=1S/C17H22N2O4S/c20-17(16-7-4-13-23-16)18-9-11-19(12-10-18)24(21,22)14-8-15-5-2-1-3-6-15/h1-3,5-6,8,14,16H,4,7,9-13H2/b14-8+/t16-/m0/s1. The summed E-state index contributed by atoms with van der Waals surface area (Å²) in [5.41, 5.74) is 0.841. The number of hydrogen-bond donors (Lipinski definition) is 0. The van der Waals surface area contributed by atoms with E-state index < -0.39 is 10.0 Å². The second-order valence-corrected chi connectivity index (χ2v) is 7.80. The van der Waals surface area contributed by atoms with Crippen LogP contribution in [0.15, 0.2) is 35.7 Å². The van der Waals surface area contributed by atoms with Crippen molar-refractivity contribution < 1.29 is 17.9 Å². The molecule has 2 aliphatic rings. The van der Waals surface area contributed by atoms with Gasteiger partial charge in [-0.25, -0.2) is 8.42 Å². The monoisotopic (exact) mass is 350 g/mol. The number of hydrogen-bond acceptors (Lipinski definition) is 4. The first-order chi connectivity index (χ1) is 11.6. The minimum atomic E-state index is -3.47. The van der Waals surface area contributed by atoms with Crippen molar-refractivity contribution in [1.29, 1.82) is 0 Å². The molecule has 0 aromatic heterocycles. The average molecular weight is 350 g/mol. The molecule has 6 nitrogen and oxygen atoms in total. The van der Waals surface area contributed by atoms with Gasteiger partial charge in [-0.2, -0.15) is 4.31 Å². The SMILES string of the molecule is O=C([C@@H]1CCCO1)N1CCN(S(=O)(=O)/C=C/c2ccccc2)CC1. The summed E-state index contributed by atoms with van der Waals surface area (Å²) in [6, 6.07) is 9.31. The van der Waals surface area contributed by atoms with Gasteiger partial charge in [0, 0.05) is 38.2 Å². The Morgan fingerprint density at radius 2 is 1.83 bits per heavy atom. The van der Waals surface area contributed by atoms with E-state index in [2.05, 4.69) is 0 Å². The highest BCUT2D eigenvalue weighted by Crippen LogP contribution is 2.17. The zero-order valence-corrected chi connectivity index (χ0v) is 14.3. The number of amides is 1. The zero-order valence-electron chi connectivity index (χ0n) is 13.5. The van der Waals surface area contributed by atoms with E-state index in [0.29, 0.717) is 32.8 Å². The molecule has 24 heavy (non-hydrogen) atoms. The van der Waals surface area contributed by atoms with E-state index in [-0.39, 0.29) is 12.0 Å². The molecule has 0 bridgehead atoms. The van der Waals surface area contributed by atoms with Crippen molar-refractivity contribution in [2.75, 3.05) is 32.8 Å². The highest BCUT2D eigenvalue weighted by atomic mass is 32.2. The zero-order chi connectivity index (χ0) is 17.0. The minimum Gasteiger partial charge on any atom is -0.368 e. The molecule has 0 aliphatic carbocycles. The molecular weight excluding hydrogens is 328 g/mol. The van der Waals surface area contributed by atoms with Crippen LogP contribution in [0.4, 0.5) is 0 Å². The topological polar surface area (TPSA) is 66.9 Å². The predicted molar refractivity (Wildman–Crippen MR) is 91.5 cm³/mol. The number of carbonyl (C=O) groups is 1. The van der Waals surface area contributed by atoms with E-state index in [1.54, 1.807) is 11.0 Å². The van der Waals surface area contributed by atoms with Crippen LogP contribution in [0.1, 0.15) is 18.4 Å². The van der Waals surface area contributed by atoms with Crippen LogP contribution in [0.2, 0.25) is 0 Å². The van der Waals surface area contributed by atoms with Gasteiger partial charge in [0.2, 0.25) is 10.0 Å². The Hall–Kier alpha value is -1.70. The lowest BCUT2D eigenvalue weighted by Crippen LogP contribution is -2.52. The summed E-state index contributed by atoms with van der Waals surface area (Å²) in [6.45, 7) is 2.10. The third kappa shape index (κ3) is 4.03. The van der Waals surface area contributed by atoms with Crippen LogP contribution in [0.3, 0.4) is 0 Å². The van der Waals surface area contributed by atoms with Gasteiger partial charge >= 0.3 is 0 Å². The maximum Gasteiger partial charge on any atom is 0.251 e. The van der Waals surface area contributed by atoms with Gasteiger partial charge in [0.25, 0.3) is 5.91 Å². The fourth-order valence-corrected chi connectivity index (χ4v) is 4.13. The van der Waals surface area contributed by atoms with E-state index in [9.17, 15) is 13.2 Å². The molecule has 2 saturated heterocycles. The molecule has 0 saturated carbocycles. The number of nitrogens with zero attached hydrogens (tertiary/aromatic N) is 2. The first-order valence-electron chi connectivity index (χ1n) is 8.20. The highest BCUT2D eigenvalue weighted by Gasteiger charge is 2.32. The van der Waals surface area contributed by atoms with Crippen LogP contribution in [0, 0.1) is 0 Å². The molecule has 130 valence electrons. The van der Waals surface area contributed by atoms with E-state index >= 15 is 0 Å². The van der Waals surface area contributed by atoms with Gasteiger partial charge in [-0.05, 0) is 24.5 Å². The smallest absolute Gasteiger partial charge is 0.251 e. The van der Waals surface area contributed by atoms with Crippen LogP contribution >= 0.6 is 0 Å². The largest absolute Gasteiger partial charge is 0.368 e. The van der Waals surface area contributed by atoms with Crippen molar-refractivity contribution in [3.8, 4) is 0 Å². The number of sulfonamides is 1. The lowest BCUT2D eigenvalue weighted by Gasteiger charge is -2.34. The Labute approximate surface area is 142 Å². The summed E-state index contributed by atoms with van der Waals surface area (Å²) in [6.07, 6.45) is 2.93.